The lowest BCUT2D eigenvalue weighted by Gasteiger charge is -2.33. The van der Waals surface area contributed by atoms with E-state index in [1.165, 1.54) is 5.52 Å². The highest BCUT2D eigenvalue weighted by molar-refractivity contribution is 5.79. The maximum Gasteiger partial charge on any atom is 0.0955 e. The number of nitrogens with one attached hydrogen (secondary N) is 2. The number of hydrogen-bond donors (Lipinski definition) is 2. The average Bonchev–Trinajstić information content (AvgIpc) is 2.79. The van der Waals surface area contributed by atoms with Crippen molar-refractivity contribution < 1.29 is 0 Å². The molecule has 2 heterocycles. The molecule has 1 aliphatic rings. The van der Waals surface area contributed by atoms with E-state index < -0.39 is 0 Å². The fourth-order valence-electron chi connectivity index (χ4n) is 2.57. The summed E-state index contributed by atoms with van der Waals surface area (Å²) in [5, 5.41) is 6.95. The van der Waals surface area contributed by atoms with Gasteiger partial charge >= 0.3 is 0 Å². The number of aromatic nitrogens is 2. The molecular weight excluding hydrogens is 238 g/mol. The van der Waals surface area contributed by atoms with Gasteiger partial charge in [0.1, 0.15) is 0 Å². The predicted octanol–water partition coefficient (Wildman–Crippen LogP) is 0.889. The molecule has 5 heteroatoms. The number of hydrogen-bond acceptors (Lipinski definition) is 4. The van der Waals surface area contributed by atoms with Gasteiger partial charge < -0.3 is 15.2 Å². The maximum atomic E-state index is 4.39. The largest absolute Gasteiger partial charge is 0.383 e. The lowest BCUT2D eigenvalue weighted by atomic mass is 10.2. The summed E-state index contributed by atoms with van der Waals surface area (Å²) in [6, 6.07) is 6.91. The zero-order valence-corrected chi connectivity index (χ0v) is 11.6. The Morgan fingerprint density at radius 3 is 3.16 bits per heavy atom. The first-order valence-electron chi connectivity index (χ1n) is 6.80. The number of imidazole rings is 1. The van der Waals surface area contributed by atoms with Gasteiger partial charge in [-0.2, -0.15) is 0 Å². The van der Waals surface area contributed by atoms with Crippen molar-refractivity contribution in [3.8, 4) is 0 Å². The van der Waals surface area contributed by atoms with Crippen molar-refractivity contribution in [3.63, 3.8) is 0 Å². The number of rotatable bonds is 3. The first-order chi connectivity index (χ1) is 9.24. The van der Waals surface area contributed by atoms with Gasteiger partial charge in [-0.3, -0.25) is 4.90 Å². The van der Waals surface area contributed by atoms with Crippen molar-refractivity contribution in [1.82, 2.24) is 19.8 Å². The van der Waals surface area contributed by atoms with E-state index in [2.05, 4.69) is 45.8 Å². The molecule has 2 aromatic rings. The summed E-state index contributed by atoms with van der Waals surface area (Å²) < 4.78 is 2.04. The zero-order chi connectivity index (χ0) is 13.2. The number of fused-ring (bicyclic) bond motifs is 1. The third-order valence-corrected chi connectivity index (χ3v) is 3.91. The summed E-state index contributed by atoms with van der Waals surface area (Å²) >= 11 is 0. The Morgan fingerprint density at radius 2 is 2.32 bits per heavy atom. The van der Waals surface area contributed by atoms with Gasteiger partial charge in [0.15, 0.2) is 0 Å². The molecule has 0 bridgehead atoms. The van der Waals surface area contributed by atoms with E-state index in [1.54, 1.807) is 0 Å². The molecule has 0 spiro atoms. The molecule has 102 valence electrons. The van der Waals surface area contributed by atoms with Crippen LogP contribution in [-0.4, -0.2) is 53.7 Å². The summed E-state index contributed by atoms with van der Waals surface area (Å²) in [4.78, 5) is 6.79. The third kappa shape index (κ3) is 2.57. The molecule has 19 heavy (non-hydrogen) atoms. The average molecular weight is 259 g/mol. The lowest BCUT2D eigenvalue weighted by molar-refractivity contribution is 0.209. The number of benzene rings is 1. The topological polar surface area (TPSA) is 45.1 Å². The van der Waals surface area contributed by atoms with E-state index in [0.29, 0.717) is 6.04 Å². The van der Waals surface area contributed by atoms with Gasteiger partial charge in [0.25, 0.3) is 0 Å². The highest BCUT2D eigenvalue weighted by Crippen LogP contribution is 2.17. The zero-order valence-electron chi connectivity index (χ0n) is 11.6. The summed E-state index contributed by atoms with van der Waals surface area (Å²) in [7, 11) is 4.21. The van der Waals surface area contributed by atoms with E-state index in [9.17, 15) is 0 Å². The van der Waals surface area contributed by atoms with Crippen molar-refractivity contribution in [3.05, 3.63) is 24.5 Å². The molecule has 5 nitrogen and oxygen atoms in total. The van der Waals surface area contributed by atoms with Crippen molar-refractivity contribution in [1.29, 1.82) is 0 Å². The first kappa shape index (κ1) is 12.4. The van der Waals surface area contributed by atoms with Gasteiger partial charge in [-0.05, 0) is 25.2 Å². The second-order valence-electron chi connectivity index (χ2n) is 5.28. The van der Waals surface area contributed by atoms with Gasteiger partial charge in [-0.15, -0.1) is 0 Å². The quantitative estimate of drug-likeness (QED) is 0.859. The van der Waals surface area contributed by atoms with Crippen LogP contribution in [0.2, 0.25) is 0 Å². The Labute approximate surface area is 113 Å². The number of anilines is 1. The Hall–Kier alpha value is -1.59. The Kier molecular flexibility index (Phi) is 3.40. The molecule has 1 aliphatic heterocycles. The lowest BCUT2D eigenvalue weighted by Crippen LogP contribution is -2.52. The van der Waals surface area contributed by atoms with Gasteiger partial charge in [-0.1, -0.05) is 0 Å². The first-order valence-corrected chi connectivity index (χ1v) is 6.80. The number of nitrogens with zero attached hydrogens (tertiary/aromatic N) is 3. The normalized spacial score (nSPS) is 20.8. The predicted molar refractivity (Wildman–Crippen MR) is 78.5 cm³/mol. The number of likely N-dealkylation sites (N-methyl/N-ethyl adjacent to an activating group) is 1. The van der Waals surface area contributed by atoms with Crippen LogP contribution in [-0.2, 0) is 7.05 Å². The molecule has 1 saturated heterocycles. The van der Waals surface area contributed by atoms with Crippen molar-refractivity contribution in [2.24, 2.45) is 7.05 Å². The maximum absolute atomic E-state index is 4.39. The minimum absolute atomic E-state index is 0.549. The van der Waals surface area contributed by atoms with Gasteiger partial charge in [0, 0.05) is 45.0 Å². The van der Waals surface area contributed by atoms with Gasteiger partial charge in [0.2, 0.25) is 0 Å². The van der Waals surface area contributed by atoms with Gasteiger partial charge in [0.05, 0.1) is 17.4 Å². The molecule has 0 amide bonds. The summed E-state index contributed by atoms with van der Waals surface area (Å²) in [6.07, 6.45) is 1.85. The van der Waals surface area contributed by atoms with E-state index in [1.807, 2.05) is 17.9 Å². The number of piperazine rings is 1. The van der Waals surface area contributed by atoms with Crippen LogP contribution in [0, 0.1) is 0 Å². The molecule has 2 N–H and O–H groups in total. The standard InChI is InChI=1S/C14H21N5/c1-18-6-5-15-8-12(18)9-16-11-3-4-14-13(7-11)17-10-19(14)2/h3-4,7,10,12,15-16H,5-6,8-9H2,1-2H3. The molecule has 0 aliphatic carbocycles. The minimum atomic E-state index is 0.549. The molecule has 0 saturated carbocycles. The molecule has 1 fully saturated rings. The number of aryl methyl sites for hydroxylation is 1. The van der Waals surface area contributed by atoms with E-state index >= 15 is 0 Å². The van der Waals surface area contributed by atoms with E-state index in [4.69, 9.17) is 0 Å². The van der Waals surface area contributed by atoms with Crippen LogP contribution in [0.25, 0.3) is 11.0 Å². The van der Waals surface area contributed by atoms with Crippen LogP contribution in [0.1, 0.15) is 0 Å². The van der Waals surface area contributed by atoms with E-state index in [0.717, 1.165) is 37.4 Å². The van der Waals surface area contributed by atoms with Crippen LogP contribution in [0.3, 0.4) is 0 Å². The van der Waals surface area contributed by atoms with Gasteiger partial charge in [-0.25, -0.2) is 4.98 Å². The molecule has 0 radical (unpaired) electrons. The Bertz CT molecular complexity index is 562. The SMILES string of the molecule is CN1CCNCC1CNc1ccc2c(c1)ncn2C. The van der Waals surface area contributed by atoms with Crippen molar-refractivity contribution in [2.75, 3.05) is 38.5 Å². The highest BCUT2D eigenvalue weighted by atomic mass is 15.2. The Morgan fingerprint density at radius 1 is 1.42 bits per heavy atom. The van der Waals surface area contributed by atoms with Crippen molar-refractivity contribution in [2.45, 2.75) is 6.04 Å². The Balaban J connectivity index is 1.67. The second-order valence-corrected chi connectivity index (χ2v) is 5.28. The smallest absolute Gasteiger partial charge is 0.0955 e. The van der Waals surface area contributed by atoms with Crippen LogP contribution < -0.4 is 10.6 Å². The molecule has 1 atom stereocenters. The van der Waals surface area contributed by atoms with Crippen molar-refractivity contribution >= 4 is 16.7 Å². The third-order valence-electron chi connectivity index (χ3n) is 3.91. The van der Waals surface area contributed by atoms with Crippen LogP contribution >= 0.6 is 0 Å². The summed E-state index contributed by atoms with van der Waals surface area (Å²) in [5.41, 5.74) is 3.36. The summed E-state index contributed by atoms with van der Waals surface area (Å²) in [6.45, 7) is 4.22. The fraction of sp³-hybridized carbons (Fsp3) is 0.500. The second kappa shape index (κ2) is 5.19. The van der Waals surface area contributed by atoms with Crippen LogP contribution in [0.4, 0.5) is 5.69 Å². The molecule has 3 rings (SSSR count). The molecule has 1 aromatic heterocycles. The molecule has 1 aromatic carbocycles. The summed E-state index contributed by atoms with van der Waals surface area (Å²) in [5.74, 6) is 0. The van der Waals surface area contributed by atoms with E-state index in [-0.39, 0.29) is 0 Å². The molecule has 1 unspecified atom stereocenters. The fourth-order valence-corrected chi connectivity index (χ4v) is 2.57. The highest BCUT2D eigenvalue weighted by Gasteiger charge is 2.17. The van der Waals surface area contributed by atoms with Crippen LogP contribution in [0.15, 0.2) is 24.5 Å². The minimum Gasteiger partial charge on any atom is -0.383 e. The van der Waals surface area contributed by atoms with Crippen LogP contribution in [0.5, 0.6) is 0 Å². The monoisotopic (exact) mass is 259 g/mol. The molecular formula is C14H21N5.